The Labute approximate surface area is 118 Å². The minimum Gasteiger partial charge on any atom is -0.327 e. The fourth-order valence-corrected chi connectivity index (χ4v) is 7.72. The summed E-state index contributed by atoms with van der Waals surface area (Å²) in [5, 5.41) is 0. The Balaban J connectivity index is 1.66. The van der Waals surface area contributed by atoms with Crippen molar-refractivity contribution in [3.05, 3.63) is 0 Å². The summed E-state index contributed by atoms with van der Waals surface area (Å²) in [5.41, 5.74) is 8.68. The maximum Gasteiger partial charge on any atom is 0.0124 e. The molecule has 0 radical (unpaired) electrons. The first-order valence-corrected chi connectivity index (χ1v) is 8.68. The summed E-state index contributed by atoms with van der Waals surface area (Å²) in [6, 6.07) is 0.511. The van der Waals surface area contributed by atoms with Crippen molar-refractivity contribution in [3.8, 4) is 0 Å². The van der Waals surface area contributed by atoms with Crippen LogP contribution in [-0.4, -0.2) is 6.04 Å². The zero-order valence-electron chi connectivity index (χ0n) is 12.9. The van der Waals surface area contributed by atoms with Gasteiger partial charge in [0.1, 0.15) is 0 Å². The predicted molar refractivity (Wildman–Crippen MR) is 79.8 cm³/mol. The first-order valence-electron chi connectivity index (χ1n) is 8.68. The van der Waals surface area contributed by atoms with E-state index in [-0.39, 0.29) is 0 Å². The first-order chi connectivity index (χ1) is 8.92. The van der Waals surface area contributed by atoms with Crippen LogP contribution in [0, 0.1) is 28.1 Å². The highest BCUT2D eigenvalue weighted by molar-refractivity contribution is 5.14. The molecule has 0 amide bonds. The van der Waals surface area contributed by atoms with Crippen molar-refractivity contribution in [2.75, 3.05) is 0 Å². The molecule has 1 nitrogen and oxygen atoms in total. The molecular weight excluding hydrogens is 230 g/mol. The van der Waals surface area contributed by atoms with E-state index in [1.165, 1.54) is 64.2 Å². The molecule has 0 aromatic rings. The van der Waals surface area contributed by atoms with Crippen molar-refractivity contribution in [3.63, 3.8) is 0 Å². The Kier molecular flexibility index (Phi) is 2.52. The van der Waals surface area contributed by atoms with Crippen molar-refractivity contribution in [2.24, 2.45) is 33.8 Å². The lowest BCUT2D eigenvalue weighted by molar-refractivity contribution is -0.159. The van der Waals surface area contributed by atoms with Gasteiger partial charge in [-0.25, -0.2) is 0 Å². The van der Waals surface area contributed by atoms with Gasteiger partial charge in [0.2, 0.25) is 0 Å². The number of nitrogens with two attached hydrogens (primary N) is 1. The van der Waals surface area contributed by atoms with Crippen LogP contribution in [0.4, 0.5) is 0 Å². The molecule has 5 aliphatic carbocycles. The lowest BCUT2D eigenvalue weighted by atomic mass is 9.38. The number of hydrogen-bond donors (Lipinski definition) is 1. The van der Waals surface area contributed by atoms with Gasteiger partial charge >= 0.3 is 0 Å². The summed E-state index contributed by atoms with van der Waals surface area (Å²) < 4.78 is 0. The van der Waals surface area contributed by atoms with Gasteiger partial charge in [-0.2, -0.15) is 0 Å². The Hall–Kier alpha value is -0.0400. The van der Waals surface area contributed by atoms with Crippen molar-refractivity contribution in [1.29, 1.82) is 0 Å². The van der Waals surface area contributed by atoms with Gasteiger partial charge in [0, 0.05) is 6.04 Å². The topological polar surface area (TPSA) is 26.0 Å². The van der Waals surface area contributed by atoms with E-state index in [2.05, 4.69) is 13.8 Å². The molecule has 5 saturated carbocycles. The fourth-order valence-electron chi connectivity index (χ4n) is 7.72. The molecular formula is C18H31N. The molecule has 19 heavy (non-hydrogen) atoms. The summed E-state index contributed by atoms with van der Waals surface area (Å²) in [6.45, 7) is 5.15. The molecule has 5 fully saturated rings. The van der Waals surface area contributed by atoms with Crippen LogP contribution >= 0.6 is 0 Å². The van der Waals surface area contributed by atoms with E-state index in [1.54, 1.807) is 0 Å². The van der Waals surface area contributed by atoms with Gasteiger partial charge in [-0.15, -0.1) is 0 Å². The normalized spacial score (nSPS) is 54.8. The summed E-state index contributed by atoms with van der Waals surface area (Å²) >= 11 is 0. The summed E-state index contributed by atoms with van der Waals surface area (Å²) in [6.07, 6.45) is 14.6. The van der Waals surface area contributed by atoms with Crippen molar-refractivity contribution in [1.82, 2.24) is 0 Å². The molecule has 2 N–H and O–H groups in total. The van der Waals surface area contributed by atoms with E-state index < -0.39 is 0 Å². The maximum absolute atomic E-state index is 6.90. The molecule has 0 saturated heterocycles. The Morgan fingerprint density at radius 2 is 1.47 bits per heavy atom. The van der Waals surface area contributed by atoms with Gasteiger partial charge in [0.25, 0.3) is 0 Å². The smallest absolute Gasteiger partial charge is 0.0124 e. The van der Waals surface area contributed by atoms with Crippen LogP contribution in [0.3, 0.4) is 0 Å². The highest BCUT2D eigenvalue weighted by Gasteiger charge is 2.62. The van der Waals surface area contributed by atoms with Crippen LogP contribution in [0.1, 0.15) is 78.1 Å². The third kappa shape index (κ3) is 1.83. The summed E-state index contributed by atoms with van der Waals surface area (Å²) in [4.78, 5) is 0. The standard InChI is InChI=1S/C18H31N/c1-16-7-13-8-17(2,10-16)12-18(9-13,11-16)15(19)14-5-3-4-6-14/h13-15H,3-12,19H2,1-2H3. The second kappa shape index (κ2) is 3.78. The van der Waals surface area contributed by atoms with Crippen LogP contribution in [0.25, 0.3) is 0 Å². The molecule has 3 unspecified atom stereocenters. The molecule has 0 heterocycles. The lowest BCUT2D eigenvalue weighted by Gasteiger charge is -2.67. The minimum atomic E-state index is 0.511. The molecule has 5 rings (SSSR count). The largest absolute Gasteiger partial charge is 0.327 e. The summed E-state index contributed by atoms with van der Waals surface area (Å²) in [7, 11) is 0. The highest BCUT2D eigenvalue weighted by atomic mass is 14.8. The molecule has 0 aromatic heterocycles. The third-order valence-electron chi connectivity index (χ3n) is 7.28. The lowest BCUT2D eigenvalue weighted by Crippen LogP contribution is -2.61. The molecule has 0 aliphatic heterocycles. The van der Waals surface area contributed by atoms with Crippen LogP contribution in [0.5, 0.6) is 0 Å². The van der Waals surface area contributed by atoms with Gasteiger partial charge < -0.3 is 5.73 Å². The maximum atomic E-state index is 6.90. The quantitative estimate of drug-likeness (QED) is 0.778. The average Bonchev–Trinajstić information content (AvgIpc) is 2.75. The van der Waals surface area contributed by atoms with E-state index in [0.717, 1.165) is 11.8 Å². The predicted octanol–water partition coefficient (Wildman–Crippen LogP) is 4.50. The number of hydrogen-bond acceptors (Lipinski definition) is 1. The third-order valence-corrected chi connectivity index (χ3v) is 7.28. The van der Waals surface area contributed by atoms with Crippen LogP contribution in [-0.2, 0) is 0 Å². The first kappa shape index (κ1) is 12.7. The van der Waals surface area contributed by atoms with E-state index in [1.807, 2.05) is 0 Å². The van der Waals surface area contributed by atoms with E-state index in [9.17, 15) is 0 Å². The van der Waals surface area contributed by atoms with Crippen molar-refractivity contribution < 1.29 is 0 Å². The summed E-state index contributed by atoms with van der Waals surface area (Å²) in [5.74, 6) is 1.85. The van der Waals surface area contributed by atoms with Crippen molar-refractivity contribution >= 4 is 0 Å². The zero-order chi connectivity index (χ0) is 13.3. The molecule has 108 valence electrons. The molecule has 0 aromatic carbocycles. The van der Waals surface area contributed by atoms with E-state index >= 15 is 0 Å². The average molecular weight is 261 g/mol. The minimum absolute atomic E-state index is 0.511. The number of rotatable bonds is 2. The molecule has 3 atom stereocenters. The van der Waals surface area contributed by atoms with Gasteiger partial charge in [-0.1, -0.05) is 26.7 Å². The highest BCUT2D eigenvalue weighted by Crippen LogP contribution is 2.70. The van der Waals surface area contributed by atoms with Crippen LogP contribution < -0.4 is 5.73 Å². The monoisotopic (exact) mass is 261 g/mol. The molecule has 1 heteroatoms. The van der Waals surface area contributed by atoms with Gasteiger partial charge in [0.15, 0.2) is 0 Å². The Morgan fingerprint density at radius 3 is 2.00 bits per heavy atom. The zero-order valence-corrected chi connectivity index (χ0v) is 12.9. The second-order valence-electron chi connectivity index (χ2n) is 9.56. The van der Waals surface area contributed by atoms with Gasteiger partial charge in [0.05, 0.1) is 0 Å². The Bertz CT molecular complexity index is 363. The Morgan fingerprint density at radius 1 is 0.895 bits per heavy atom. The van der Waals surface area contributed by atoms with Crippen molar-refractivity contribution in [2.45, 2.75) is 84.1 Å². The van der Waals surface area contributed by atoms with Gasteiger partial charge in [-0.3, -0.25) is 0 Å². The SMILES string of the molecule is CC12CC3CC(C)(C1)CC(C(N)C1CCCC1)(C3)C2. The molecule has 5 aliphatic rings. The molecule has 0 spiro atoms. The van der Waals surface area contributed by atoms with E-state index in [4.69, 9.17) is 5.73 Å². The van der Waals surface area contributed by atoms with Gasteiger partial charge in [-0.05, 0) is 79.4 Å². The van der Waals surface area contributed by atoms with E-state index in [0.29, 0.717) is 22.3 Å². The fraction of sp³-hybridized carbons (Fsp3) is 1.00. The molecule has 4 bridgehead atoms. The van der Waals surface area contributed by atoms with Crippen LogP contribution in [0.15, 0.2) is 0 Å². The second-order valence-corrected chi connectivity index (χ2v) is 9.56. The van der Waals surface area contributed by atoms with Crippen LogP contribution in [0.2, 0.25) is 0 Å².